The van der Waals surface area contributed by atoms with E-state index in [2.05, 4.69) is 19.2 Å². The number of rotatable bonds is 10. The van der Waals surface area contributed by atoms with E-state index in [1.54, 1.807) is 29.2 Å². The maximum Gasteiger partial charge on any atom is 0.243 e. The summed E-state index contributed by atoms with van der Waals surface area (Å²) in [5.41, 5.74) is 0. The molecule has 158 valence electrons. The Morgan fingerprint density at radius 2 is 1.82 bits per heavy atom. The number of benzene rings is 1. The molecule has 8 heteroatoms. The van der Waals surface area contributed by atoms with E-state index in [0.717, 1.165) is 19.5 Å². The van der Waals surface area contributed by atoms with Gasteiger partial charge in [0.1, 0.15) is 5.75 Å². The van der Waals surface area contributed by atoms with Crippen molar-refractivity contribution in [2.45, 2.75) is 38.5 Å². The van der Waals surface area contributed by atoms with Crippen molar-refractivity contribution < 1.29 is 17.9 Å². The second kappa shape index (κ2) is 10.8. The van der Waals surface area contributed by atoms with Crippen molar-refractivity contribution in [1.29, 1.82) is 0 Å². The maximum atomic E-state index is 13.2. The Hall–Kier alpha value is -1.64. The van der Waals surface area contributed by atoms with Crippen LogP contribution < -0.4 is 10.1 Å². The lowest BCUT2D eigenvalue weighted by Gasteiger charge is -2.29. The van der Waals surface area contributed by atoms with Gasteiger partial charge >= 0.3 is 0 Å². The zero-order valence-corrected chi connectivity index (χ0v) is 18.0. The number of hydrogen-bond acceptors (Lipinski definition) is 5. The molecule has 1 amide bonds. The maximum absolute atomic E-state index is 13.2. The van der Waals surface area contributed by atoms with Crippen LogP contribution in [-0.2, 0) is 14.8 Å². The first-order chi connectivity index (χ1) is 13.3. The summed E-state index contributed by atoms with van der Waals surface area (Å²) in [6.45, 7) is 10.1. The molecule has 2 rings (SSSR count). The van der Waals surface area contributed by atoms with Crippen LogP contribution in [0.15, 0.2) is 29.2 Å². The number of nitrogens with zero attached hydrogens (tertiary/aromatic N) is 2. The van der Waals surface area contributed by atoms with E-state index in [4.69, 9.17) is 4.74 Å². The van der Waals surface area contributed by atoms with Crippen LogP contribution in [0.3, 0.4) is 0 Å². The smallest absolute Gasteiger partial charge is 0.243 e. The normalized spacial score (nSPS) is 15.2. The number of hydrogen-bond donors (Lipinski definition) is 1. The Labute approximate surface area is 169 Å². The number of carbonyl (C=O) groups excluding carboxylic acids is 1. The van der Waals surface area contributed by atoms with Crippen LogP contribution in [0, 0.1) is 5.92 Å². The molecule has 28 heavy (non-hydrogen) atoms. The fourth-order valence-electron chi connectivity index (χ4n) is 3.07. The molecule has 0 radical (unpaired) electrons. The average molecular weight is 412 g/mol. The zero-order chi connectivity index (χ0) is 20.6. The molecule has 0 saturated carbocycles. The standard InChI is InChI=1S/C20H33N3O4S/c1-4-27-18-5-7-19(8-6-18)28(25,26)23(13-9-17(2)3)14-10-20(24)22-15-11-21-12-16-22/h5-8,17,21H,4,9-16H2,1-3H3. The van der Waals surface area contributed by atoms with Gasteiger partial charge in [-0.25, -0.2) is 8.42 Å². The van der Waals surface area contributed by atoms with Gasteiger partial charge in [0.2, 0.25) is 15.9 Å². The van der Waals surface area contributed by atoms with Crippen molar-refractivity contribution >= 4 is 15.9 Å². The van der Waals surface area contributed by atoms with E-state index in [9.17, 15) is 13.2 Å². The van der Waals surface area contributed by atoms with Crippen LogP contribution in [0.5, 0.6) is 5.75 Å². The third-order valence-electron chi connectivity index (χ3n) is 4.77. The monoisotopic (exact) mass is 411 g/mol. The molecular weight excluding hydrogens is 378 g/mol. The molecule has 1 saturated heterocycles. The second-order valence-electron chi connectivity index (χ2n) is 7.37. The fourth-order valence-corrected chi connectivity index (χ4v) is 4.53. The zero-order valence-electron chi connectivity index (χ0n) is 17.2. The SMILES string of the molecule is CCOc1ccc(S(=O)(=O)N(CCC(=O)N2CCNCC2)CCC(C)C)cc1. The van der Waals surface area contributed by atoms with E-state index in [0.29, 0.717) is 37.9 Å². The molecule has 0 aromatic heterocycles. The lowest BCUT2D eigenvalue weighted by atomic mass is 10.1. The first kappa shape index (κ1) is 22.6. The Morgan fingerprint density at radius 3 is 2.39 bits per heavy atom. The Balaban J connectivity index is 2.09. The number of piperazine rings is 1. The van der Waals surface area contributed by atoms with Crippen molar-refractivity contribution in [2.75, 3.05) is 45.9 Å². The topological polar surface area (TPSA) is 79.0 Å². The van der Waals surface area contributed by atoms with E-state index in [1.807, 2.05) is 6.92 Å². The molecule has 1 fully saturated rings. The second-order valence-corrected chi connectivity index (χ2v) is 9.31. The summed E-state index contributed by atoms with van der Waals surface area (Å²) in [6, 6.07) is 6.48. The molecule has 0 spiro atoms. The van der Waals surface area contributed by atoms with E-state index in [1.165, 1.54) is 4.31 Å². The van der Waals surface area contributed by atoms with Gasteiger partial charge in [0.05, 0.1) is 11.5 Å². The van der Waals surface area contributed by atoms with Gasteiger partial charge in [-0.05, 0) is 43.5 Å². The quantitative estimate of drug-likeness (QED) is 0.637. The predicted octanol–water partition coefficient (Wildman–Crippen LogP) is 1.94. The molecule has 1 heterocycles. The number of carbonyl (C=O) groups is 1. The van der Waals surface area contributed by atoms with Crippen molar-refractivity contribution in [3.05, 3.63) is 24.3 Å². The number of sulfonamides is 1. The van der Waals surface area contributed by atoms with Gasteiger partial charge < -0.3 is 15.0 Å². The summed E-state index contributed by atoms with van der Waals surface area (Å²) in [4.78, 5) is 14.5. The summed E-state index contributed by atoms with van der Waals surface area (Å²) in [6.07, 6.45) is 0.951. The highest BCUT2D eigenvalue weighted by atomic mass is 32.2. The van der Waals surface area contributed by atoms with Crippen LogP contribution in [0.1, 0.15) is 33.6 Å². The molecule has 1 aromatic carbocycles. The van der Waals surface area contributed by atoms with Crippen molar-refractivity contribution in [1.82, 2.24) is 14.5 Å². The van der Waals surface area contributed by atoms with E-state index < -0.39 is 10.0 Å². The first-order valence-electron chi connectivity index (χ1n) is 10.1. The lowest BCUT2D eigenvalue weighted by molar-refractivity contribution is -0.131. The highest BCUT2D eigenvalue weighted by Gasteiger charge is 2.26. The van der Waals surface area contributed by atoms with Crippen LogP contribution in [0.2, 0.25) is 0 Å². The molecule has 1 aromatic rings. The van der Waals surface area contributed by atoms with Gasteiger partial charge in [-0.3, -0.25) is 4.79 Å². The Bertz CT molecular complexity index is 713. The third-order valence-corrected chi connectivity index (χ3v) is 6.69. The van der Waals surface area contributed by atoms with Gasteiger partial charge in [0.15, 0.2) is 0 Å². The molecule has 1 aliphatic heterocycles. The minimum Gasteiger partial charge on any atom is -0.494 e. The fraction of sp³-hybridized carbons (Fsp3) is 0.650. The number of amides is 1. The van der Waals surface area contributed by atoms with E-state index >= 15 is 0 Å². The molecule has 0 atom stereocenters. The van der Waals surface area contributed by atoms with Crippen LogP contribution in [0.25, 0.3) is 0 Å². The van der Waals surface area contributed by atoms with Crippen molar-refractivity contribution in [2.24, 2.45) is 5.92 Å². The molecule has 0 bridgehead atoms. The Kier molecular flexibility index (Phi) is 8.72. The minimum absolute atomic E-state index is 0.0120. The van der Waals surface area contributed by atoms with Crippen LogP contribution in [0.4, 0.5) is 0 Å². The Morgan fingerprint density at radius 1 is 1.18 bits per heavy atom. The summed E-state index contributed by atoms with van der Waals surface area (Å²) in [5.74, 6) is 1.03. The molecular formula is C20H33N3O4S. The predicted molar refractivity (Wildman–Crippen MR) is 110 cm³/mol. The van der Waals surface area contributed by atoms with E-state index in [-0.39, 0.29) is 23.8 Å². The van der Waals surface area contributed by atoms with Gasteiger partial charge in [0.25, 0.3) is 0 Å². The van der Waals surface area contributed by atoms with Gasteiger partial charge in [-0.15, -0.1) is 0 Å². The molecule has 1 N–H and O–H groups in total. The van der Waals surface area contributed by atoms with Crippen LogP contribution >= 0.6 is 0 Å². The van der Waals surface area contributed by atoms with Crippen molar-refractivity contribution in [3.63, 3.8) is 0 Å². The lowest BCUT2D eigenvalue weighted by Crippen LogP contribution is -2.47. The van der Waals surface area contributed by atoms with Crippen LogP contribution in [-0.4, -0.2) is 69.4 Å². The highest BCUT2D eigenvalue weighted by Crippen LogP contribution is 2.21. The summed E-state index contributed by atoms with van der Waals surface area (Å²) < 4.78 is 33.1. The average Bonchev–Trinajstić information content (AvgIpc) is 2.68. The van der Waals surface area contributed by atoms with Crippen molar-refractivity contribution in [3.8, 4) is 5.75 Å². The number of nitrogens with one attached hydrogen (secondary N) is 1. The third kappa shape index (κ3) is 6.46. The van der Waals surface area contributed by atoms with Gasteiger partial charge in [0, 0.05) is 45.7 Å². The first-order valence-corrected chi connectivity index (χ1v) is 11.5. The molecule has 0 aliphatic carbocycles. The summed E-state index contributed by atoms with van der Waals surface area (Å²) >= 11 is 0. The molecule has 1 aliphatic rings. The number of ether oxygens (including phenoxy) is 1. The molecule has 0 unspecified atom stereocenters. The largest absolute Gasteiger partial charge is 0.494 e. The van der Waals surface area contributed by atoms with Gasteiger partial charge in [-0.1, -0.05) is 13.8 Å². The highest BCUT2D eigenvalue weighted by molar-refractivity contribution is 7.89. The minimum atomic E-state index is -3.66. The van der Waals surface area contributed by atoms with Gasteiger partial charge in [-0.2, -0.15) is 4.31 Å². The summed E-state index contributed by atoms with van der Waals surface area (Å²) in [5, 5.41) is 3.22. The molecule has 7 nitrogen and oxygen atoms in total. The summed E-state index contributed by atoms with van der Waals surface area (Å²) in [7, 11) is -3.66.